The molecule has 0 radical (unpaired) electrons. The van der Waals surface area contributed by atoms with Gasteiger partial charge in [0.25, 0.3) is 0 Å². The SMILES string of the molecule is COC1CCC2C(=C=O)C=CCC2C1. The number of carbonyl (C=O) groups excluding carboxylic acids is 1. The van der Waals surface area contributed by atoms with E-state index in [9.17, 15) is 4.79 Å². The largest absolute Gasteiger partial charge is 0.381 e. The third-order valence-corrected chi connectivity index (χ3v) is 3.52. The predicted octanol–water partition coefficient (Wildman–Crippen LogP) is 2.14. The molecule has 2 rings (SSSR count). The lowest BCUT2D eigenvalue weighted by Crippen LogP contribution is -2.31. The Balaban J connectivity index is 2.13. The van der Waals surface area contributed by atoms with Crippen molar-refractivity contribution in [3.8, 4) is 0 Å². The molecule has 0 aromatic rings. The highest BCUT2D eigenvalue weighted by Crippen LogP contribution is 2.40. The fourth-order valence-corrected chi connectivity index (χ4v) is 2.71. The molecular formula is C12H16O2. The second-order valence-electron chi connectivity index (χ2n) is 4.23. The van der Waals surface area contributed by atoms with Gasteiger partial charge in [0, 0.05) is 12.7 Å². The van der Waals surface area contributed by atoms with E-state index in [0.29, 0.717) is 17.9 Å². The quantitative estimate of drug-likeness (QED) is 0.595. The lowest BCUT2D eigenvalue weighted by molar-refractivity contribution is 0.0359. The molecule has 0 saturated heterocycles. The Hall–Kier alpha value is -0.850. The van der Waals surface area contributed by atoms with E-state index in [1.807, 2.05) is 6.08 Å². The summed E-state index contributed by atoms with van der Waals surface area (Å²) in [4.78, 5) is 10.7. The van der Waals surface area contributed by atoms with Crippen LogP contribution in [-0.4, -0.2) is 19.2 Å². The maximum Gasteiger partial charge on any atom is 0.128 e. The molecular weight excluding hydrogens is 176 g/mol. The zero-order chi connectivity index (χ0) is 9.97. The van der Waals surface area contributed by atoms with Gasteiger partial charge in [0.2, 0.25) is 0 Å². The highest BCUT2D eigenvalue weighted by molar-refractivity contribution is 5.59. The summed E-state index contributed by atoms with van der Waals surface area (Å²) in [7, 11) is 1.78. The number of rotatable bonds is 1. The van der Waals surface area contributed by atoms with Gasteiger partial charge >= 0.3 is 0 Å². The minimum Gasteiger partial charge on any atom is -0.381 e. The molecule has 76 valence electrons. The van der Waals surface area contributed by atoms with Crippen LogP contribution in [0.15, 0.2) is 17.7 Å². The van der Waals surface area contributed by atoms with E-state index in [4.69, 9.17) is 4.74 Å². The van der Waals surface area contributed by atoms with E-state index in [-0.39, 0.29) is 0 Å². The number of methoxy groups -OCH3 is 1. The third kappa shape index (κ3) is 1.68. The van der Waals surface area contributed by atoms with Gasteiger partial charge < -0.3 is 4.74 Å². The van der Waals surface area contributed by atoms with Crippen molar-refractivity contribution in [1.82, 2.24) is 0 Å². The van der Waals surface area contributed by atoms with Crippen LogP contribution < -0.4 is 0 Å². The van der Waals surface area contributed by atoms with E-state index in [2.05, 4.69) is 12.0 Å². The van der Waals surface area contributed by atoms with Crippen molar-refractivity contribution in [1.29, 1.82) is 0 Å². The van der Waals surface area contributed by atoms with Crippen molar-refractivity contribution in [2.24, 2.45) is 11.8 Å². The van der Waals surface area contributed by atoms with Gasteiger partial charge in [-0.15, -0.1) is 0 Å². The molecule has 1 fully saturated rings. The van der Waals surface area contributed by atoms with Crippen LogP contribution >= 0.6 is 0 Å². The van der Waals surface area contributed by atoms with Crippen LogP contribution in [-0.2, 0) is 9.53 Å². The summed E-state index contributed by atoms with van der Waals surface area (Å²) >= 11 is 0. The zero-order valence-corrected chi connectivity index (χ0v) is 8.53. The van der Waals surface area contributed by atoms with Crippen LogP contribution in [0.25, 0.3) is 0 Å². The average molecular weight is 192 g/mol. The fourth-order valence-electron chi connectivity index (χ4n) is 2.71. The van der Waals surface area contributed by atoms with E-state index in [0.717, 1.165) is 31.3 Å². The van der Waals surface area contributed by atoms with Gasteiger partial charge in [-0.1, -0.05) is 12.2 Å². The van der Waals surface area contributed by atoms with Crippen molar-refractivity contribution in [3.05, 3.63) is 17.7 Å². The Kier molecular flexibility index (Phi) is 2.85. The lowest BCUT2D eigenvalue weighted by atomic mass is 9.70. The number of ether oxygens (including phenoxy) is 1. The normalized spacial score (nSPS) is 36.4. The van der Waals surface area contributed by atoms with Gasteiger partial charge in [0.05, 0.1) is 6.10 Å². The fraction of sp³-hybridized carbons (Fsp3) is 0.667. The monoisotopic (exact) mass is 192 g/mol. The molecule has 2 aliphatic rings. The van der Waals surface area contributed by atoms with Crippen LogP contribution in [0, 0.1) is 11.8 Å². The first kappa shape index (κ1) is 9.70. The maximum absolute atomic E-state index is 10.7. The topological polar surface area (TPSA) is 26.3 Å². The second kappa shape index (κ2) is 4.12. The second-order valence-corrected chi connectivity index (χ2v) is 4.23. The Morgan fingerprint density at radius 3 is 3.07 bits per heavy atom. The maximum atomic E-state index is 10.7. The number of allylic oxidation sites excluding steroid dienone is 3. The highest BCUT2D eigenvalue weighted by Gasteiger charge is 2.33. The van der Waals surface area contributed by atoms with Crippen molar-refractivity contribution >= 4 is 5.94 Å². The molecule has 0 N–H and O–H groups in total. The van der Waals surface area contributed by atoms with Crippen molar-refractivity contribution in [2.75, 3.05) is 7.11 Å². The molecule has 1 saturated carbocycles. The van der Waals surface area contributed by atoms with Gasteiger partial charge in [0.15, 0.2) is 0 Å². The molecule has 0 amide bonds. The van der Waals surface area contributed by atoms with Gasteiger partial charge in [0.1, 0.15) is 5.94 Å². The molecule has 0 aliphatic heterocycles. The Morgan fingerprint density at radius 2 is 2.36 bits per heavy atom. The summed E-state index contributed by atoms with van der Waals surface area (Å²) in [6, 6.07) is 0. The average Bonchev–Trinajstić information content (AvgIpc) is 2.27. The highest BCUT2D eigenvalue weighted by atomic mass is 16.5. The van der Waals surface area contributed by atoms with E-state index in [1.165, 1.54) is 0 Å². The van der Waals surface area contributed by atoms with E-state index >= 15 is 0 Å². The number of hydrogen-bond acceptors (Lipinski definition) is 2. The molecule has 0 bridgehead atoms. The van der Waals surface area contributed by atoms with Crippen LogP contribution in [0.1, 0.15) is 25.7 Å². The third-order valence-electron chi connectivity index (χ3n) is 3.52. The van der Waals surface area contributed by atoms with Gasteiger partial charge in [-0.25, -0.2) is 4.79 Å². The van der Waals surface area contributed by atoms with Gasteiger partial charge in [-0.05, 0) is 37.5 Å². The van der Waals surface area contributed by atoms with Crippen LogP contribution in [0.3, 0.4) is 0 Å². The van der Waals surface area contributed by atoms with E-state index < -0.39 is 0 Å². The minimum absolute atomic E-state index is 0.399. The summed E-state index contributed by atoms with van der Waals surface area (Å²) in [5.41, 5.74) is 0.871. The standard InChI is InChI=1S/C12H16O2/c1-14-11-5-6-12-9(7-11)3-2-4-10(12)8-13/h2,4,9,11-12H,3,5-7H2,1H3. The van der Waals surface area contributed by atoms with E-state index in [1.54, 1.807) is 7.11 Å². The Morgan fingerprint density at radius 1 is 1.50 bits per heavy atom. The van der Waals surface area contributed by atoms with Crippen LogP contribution in [0.5, 0.6) is 0 Å². The summed E-state index contributed by atoms with van der Waals surface area (Å²) < 4.78 is 5.38. The zero-order valence-electron chi connectivity index (χ0n) is 8.53. The van der Waals surface area contributed by atoms with Crippen LogP contribution in [0.2, 0.25) is 0 Å². The summed E-state index contributed by atoms with van der Waals surface area (Å²) in [5.74, 6) is 3.13. The summed E-state index contributed by atoms with van der Waals surface area (Å²) in [5, 5.41) is 0. The number of fused-ring (bicyclic) bond motifs is 1. The molecule has 0 aromatic carbocycles. The van der Waals surface area contributed by atoms with Crippen molar-refractivity contribution in [2.45, 2.75) is 31.8 Å². The molecule has 2 heteroatoms. The molecule has 14 heavy (non-hydrogen) atoms. The summed E-state index contributed by atoms with van der Waals surface area (Å²) in [6.45, 7) is 0. The molecule has 2 nitrogen and oxygen atoms in total. The van der Waals surface area contributed by atoms with Crippen molar-refractivity contribution in [3.63, 3.8) is 0 Å². The first-order valence-electron chi connectivity index (χ1n) is 5.29. The predicted molar refractivity (Wildman–Crippen MR) is 54.6 cm³/mol. The first-order chi connectivity index (χ1) is 6.85. The number of hydrogen-bond donors (Lipinski definition) is 0. The molecule has 0 aromatic heterocycles. The molecule has 3 unspecified atom stereocenters. The smallest absolute Gasteiger partial charge is 0.128 e. The molecule has 0 heterocycles. The minimum atomic E-state index is 0.399. The summed E-state index contributed by atoms with van der Waals surface area (Å²) in [6.07, 6.45) is 8.79. The Bertz CT molecular complexity index is 287. The molecule has 0 spiro atoms. The Labute approximate surface area is 84.6 Å². The van der Waals surface area contributed by atoms with Crippen molar-refractivity contribution < 1.29 is 9.53 Å². The van der Waals surface area contributed by atoms with Gasteiger partial charge in [-0.3, -0.25) is 0 Å². The molecule has 2 aliphatic carbocycles. The molecule has 3 atom stereocenters. The lowest BCUT2D eigenvalue weighted by Gasteiger charge is -2.36. The first-order valence-corrected chi connectivity index (χ1v) is 5.29. The van der Waals surface area contributed by atoms with Crippen LogP contribution in [0.4, 0.5) is 0 Å². The van der Waals surface area contributed by atoms with Gasteiger partial charge in [-0.2, -0.15) is 0 Å².